The topological polar surface area (TPSA) is 63.0 Å². The first-order valence-electron chi connectivity index (χ1n) is 6.25. The molecule has 2 aromatic rings. The molecule has 0 saturated carbocycles. The standard InChI is InChI=1S/C13H15FN4O/c14-12-2-1-9(8-19)3-10(12)6-18-7-13(16-17-18)11-4-15-5-11/h1-3,7,11,15,19H,4-6,8H2. The Balaban J connectivity index is 1.78. The summed E-state index contributed by atoms with van der Waals surface area (Å²) in [5.41, 5.74) is 2.15. The van der Waals surface area contributed by atoms with Gasteiger partial charge in [0.1, 0.15) is 5.82 Å². The molecule has 3 rings (SSSR count). The monoisotopic (exact) mass is 262 g/mol. The van der Waals surface area contributed by atoms with E-state index in [1.807, 2.05) is 6.20 Å². The Kier molecular flexibility index (Phi) is 3.27. The van der Waals surface area contributed by atoms with Gasteiger partial charge in [-0.1, -0.05) is 11.3 Å². The van der Waals surface area contributed by atoms with E-state index < -0.39 is 0 Å². The molecule has 1 saturated heterocycles. The molecule has 1 aliphatic heterocycles. The van der Waals surface area contributed by atoms with Gasteiger partial charge in [-0.05, 0) is 17.7 Å². The van der Waals surface area contributed by atoms with Crippen LogP contribution in [0.2, 0.25) is 0 Å². The molecule has 19 heavy (non-hydrogen) atoms. The normalized spacial score (nSPS) is 15.5. The first-order chi connectivity index (χ1) is 9.26. The van der Waals surface area contributed by atoms with Crippen LogP contribution in [-0.2, 0) is 13.2 Å². The lowest BCUT2D eigenvalue weighted by atomic mass is 10.0. The van der Waals surface area contributed by atoms with E-state index in [9.17, 15) is 4.39 Å². The zero-order valence-corrected chi connectivity index (χ0v) is 10.4. The summed E-state index contributed by atoms with van der Waals surface area (Å²) in [4.78, 5) is 0. The largest absolute Gasteiger partial charge is 0.392 e. The van der Waals surface area contributed by atoms with Gasteiger partial charge in [-0.15, -0.1) is 5.10 Å². The number of hydrogen-bond acceptors (Lipinski definition) is 4. The Bertz CT molecular complexity index is 580. The van der Waals surface area contributed by atoms with E-state index in [1.165, 1.54) is 6.07 Å². The summed E-state index contributed by atoms with van der Waals surface area (Å²) in [7, 11) is 0. The number of benzene rings is 1. The maximum Gasteiger partial charge on any atom is 0.128 e. The molecule has 1 aromatic heterocycles. The minimum Gasteiger partial charge on any atom is -0.392 e. The molecule has 100 valence electrons. The van der Waals surface area contributed by atoms with Crippen LogP contribution < -0.4 is 5.32 Å². The molecule has 0 amide bonds. The van der Waals surface area contributed by atoms with Crippen LogP contribution in [0.1, 0.15) is 22.7 Å². The maximum absolute atomic E-state index is 13.7. The molecule has 0 atom stereocenters. The first-order valence-corrected chi connectivity index (χ1v) is 6.25. The third kappa shape index (κ3) is 2.50. The van der Waals surface area contributed by atoms with Crippen LogP contribution in [0.25, 0.3) is 0 Å². The smallest absolute Gasteiger partial charge is 0.128 e. The van der Waals surface area contributed by atoms with Gasteiger partial charge in [0.15, 0.2) is 0 Å². The van der Waals surface area contributed by atoms with Crippen molar-refractivity contribution in [3.63, 3.8) is 0 Å². The number of aromatic nitrogens is 3. The number of rotatable bonds is 4. The van der Waals surface area contributed by atoms with Crippen LogP contribution in [0.15, 0.2) is 24.4 Å². The van der Waals surface area contributed by atoms with Gasteiger partial charge in [-0.2, -0.15) is 0 Å². The summed E-state index contributed by atoms with van der Waals surface area (Å²) in [6.07, 6.45) is 1.86. The van der Waals surface area contributed by atoms with Crippen molar-refractivity contribution in [3.05, 3.63) is 47.0 Å². The summed E-state index contributed by atoms with van der Waals surface area (Å²) in [6.45, 7) is 2.08. The van der Waals surface area contributed by atoms with Gasteiger partial charge in [0.2, 0.25) is 0 Å². The number of nitrogens with zero attached hydrogens (tertiary/aromatic N) is 3. The van der Waals surface area contributed by atoms with Crippen LogP contribution in [0, 0.1) is 5.82 Å². The second-order valence-corrected chi connectivity index (χ2v) is 4.78. The van der Waals surface area contributed by atoms with Crippen LogP contribution in [0.4, 0.5) is 4.39 Å². The van der Waals surface area contributed by atoms with Crippen LogP contribution >= 0.6 is 0 Å². The molecule has 1 aliphatic rings. The molecule has 0 bridgehead atoms. The van der Waals surface area contributed by atoms with Gasteiger partial charge >= 0.3 is 0 Å². The number of hydrogen-bond donors (Lipinski definition) is 2. The molecule has 0 radical (unpaired) electrons. The highest BCUT2D eigenvalue weighted by molar-refractivity contribution is 5.25. The lowest BCUT2D eigenvalue weighted by Gasteiger charge is -2.24. The lowest BCUT2D eigenvalue weighted by molar-refractivity contribution is 0.281. The van der Waals surface area contributed by atoms with E-state index in [1.54, 1.807) is 16.8 Å². The van der Waals surface area contributed by atoms with E-state index >= 15 is 0 Å². The summed E-state index contributed by atoms with van der Waals surface area (Å²) in [5.74, 6) is 0.127. The Morgan fingerprint density at radius 2 is 2.26 bits per heavy atom. The number of nitrogens with one attached hydrogen (secondary N) is 1. The zero-order valence-electron chi connectivity index (χ0n) is 10.4. The average molecular weight is 262 g/mol. The Hall–Kier alpha value is -1.79. The van der Waals surface area contributed by atoms with Gasteiger partial charge in [-0.3, -0.25) is 0 Å². The van der Waals surface area contributed by atoms with Crippen LogP contribution in [0.5, 0.6) is 0 Å². The molecular formula is C13H15FN4O. The molecule has 5 nitrogen and oxygen atoms in total. The van der Waals surface area contributed by atoms with E-state index in [-0.39, 0.29) is 12.4 Å². The summed E-state index contributed by atoms with van der Waals surface area (Å²) < 4.78 is 15.3. The van der Waals surface area contributed by atoms with Crippen molar-refractivity contribution in [1.82, 2.24) is 20.3 Å². The zero-order chi connectivity index (χ0) is 13.2. The van der Waals surface area contributed by atoms with E-state index in [0.29, 0.717) is 23.6 Å². The Morgan fingerprint density at radius 3 is 2.95 bits per heavy atom. The minimum absolute atomic E-state index is 0.0936. The first kappa shape index (κ1) is 12.3. The Morgan fingerprint density at radius 1 is 1.42 bits per heavy atom. The van der Waals surface area contributed by atoms with E-state index in [0.717, 1.165) is 18.8 Å². The van der Waals surface area contributed by atoms with Gasteiger partial charge in [0.25, 0.3) is 0 Å². The third-order valence-corrected chi connectivity index (χ3v) is 3.38. The third-order valence-electron chi connectivity index (χ3n) is 3.38. The highest BCUT2D eigenvalue weighted by atomic mass is 19.1. The SMILES string of the molecule is OCc1ccc(F)c(Cn2cc(C3CNC3)nn2)c1. The summed E-state index contributed by atoms with van der Waals surface area (Å²) in [6, 6.07) is 4.60. The molecular weight excluding hydrogens is 247 g/mol. The highest BCUT2D eigenvalue weighted by Gasteiger charge is 2.21. The fourth-order valence-electron chi connectivity index (χ4n) is 2.10. The predicted molar refractivity (Wildman–Crippen MR) is 67.1 cm³/mol. The van der Waals surface area contributed by atoms with Crippen molar-refractivity contribution >= 4 is 0 Å². The number of aliphatic hydroxyl groups excluding tert-OH is 1. The van der Waals surface area contributed by atoms with Crippen molar-refractivity contribution in [3.8, 4) is 0 Å². The summed E-state index contributed by atoms with van der Waals surface area (Å²) >= 11 is 0. The minimum atomic E-state index is -0.292. The fraction of sp³-hybridized carbons (Fsp3) is 0.385. The molecule has 2 N–H and O–H groups in total. The highest BCUT2D eigenvalue weighted by Crippen LogP contribution is 2.17. The van der Waals surface area contributed by atoms with Gasteiger partial charge in [-0.25, -0.2) is 9.07 Å². The molecule has 2 heterocycles. The summed E-state index contributed by atoms with van der Waals surface area (Å²) in [5, 5.41) is 20.4. The second-order valence-electron chi connectivity index (χ2n) is 4.78. The quantitative estimate of drug-likeness (QED) is 0.849. The van der Waals surface area contributed by atoms with Crippen molar-refractivity contribution in [2.24, 2.45) is 0 Å². The average Bonchev–Trinajstić information content (AvgIpc) is 2.78. The molecule has 0 aliphatic carbocycles. The predicted octanol–water partition coefficient (Wildman–Crippen LogP) is 0.645. The van der Waals surface area contributed by atoms with Gasteiger partial charge in [0.05, 0.1) is 18.8 Å². The molecule has 1 aromatic carbocycles. The van der Waals surface area contributed by atoms with E-state index in [4.69, 9.17) is 5.11 Å². The Labute approximate surface area is 110 Å². The van der Waals surface area contributed by atoms with Gasteiger partial charge < -0.3 is 10.4 Å². The van der Waals surface area contributed by atoms with E-state index in [2.05, 4.69) is 15.6 Å². The fourth-order valence-corrected chi connectivity index (χ4v) is 2.10. The van der Waals surface area contributed by atoms with Gasteiger partial charge in [0, 0.05) is 30.8 Å². The van der Waals surface area contributed by atoms with Crippen molar-refractivity contribution in [2.75, 3.05) is 13.1 Å². The number of halogens is 1. The number of aliphatic hydroxyl groups is 1. The maximum atomic E-state index is 13.7. The molecule has 6 heteroatoms. The van der Waals surface area contributed by atoms with Crippen molar-refractivity contribution < 1.29 is 9.50 Å². The molecule has 0 unspecified atom stereocenters. The second kappa shape index (κ2) is 5.07. The molecule has 0 spiro atoms. The van der Waals surface area contributed by atoms with Crippen LogP contribution in [-0.4, -0.2) is 33.2 Å². The molecule has 1 fully saturated rings. The van der Waals surface area contributed by atoms with Crippen molar-refractivity contribution in [2.45, 2.75) is 19.1 Å². The lowest BCUT2D eigenvalue weighted by Crippen LogP contribution is -2.40. The van der Waals surface area contributed by atoms with Crippen LogP contribution in [0.3, 0.4) is 0 Å². The van der Waals surface area contributed by atoms with Crippen molar-refractivity contribution in [1.29, 1.82) is 0 Å².